The molecule has 3 N–H and O–H groups in total. The van der Waals surface area contributed by atoms with Gasteiger partial charge in [-0.2, -0.15) is 5.10 Å². The lowest BCUT2D eigenvalue weighted by atomic mass is 10.2. The van der Waals surface area contributed by atoms with Crippen molar-refractivity contribution in [3.05, 3.63) is 17.5 Å². The molecule has 1 aromatic heterocycles. The number of rotatable bonds is 7. The molecule has 1 heterocycles. The number of aromatic nitrogens is 2. The second-order valence-electron chi connectivity index (χ2n) is 5.00. The zero-order chi connectivity index (χ0) is 13.0. The fraction of sp³-hybridized carbons (Fsp3) is 0.692. The van der Waals surface area contributed by atoms with E-state index in [0.29, 0.717) is 12.1 Å². The molecule has 1 aliphatic carbocycles. The van der Waals surface area contributed by atoms with Crippen molar-refractivity contribution >= 4 is 5.91 Å². The van der Waals surface area contributed by atoms with Crippen molar-refractivity contribution in [1.29, 1.82) is 0 Å². The van der Waals surface area contributed by atoms with Crippen molar-refractivity contribution in [3.63, 3.8) is 0 Å². The lowest BCUT2D eigenvalue weighted by Gasteiger charge is -2.05. The first-order chi connectivity index (χ1) is 8.72. The molecule has 0 radical (unpaired) electrons. The zero-order valence-corrected chi connectivity index (χ0v) is 11.0. The van der Waals surface area contributed by atoms with Gasteiger partial charge in [0, 0.05) is 18.8 Å². The summed E-state index contributed by atoms with van der Waals surface area (Å²) in [7, 11) is 0. The average Bonchev–Trinajstić information content (AvgIpc) is 3.10. The van der Waals surface area contributed by atoms with Gasteiger partial charge in [0.25, 0.3) is 5.91 Å². The Kier molecular flexibility index (Phi) is 4.36. The predicted molar refractivity (Wildman–Crippen MR) is 70.3 cm³/mol. The zero-order valence-electron chi connectivity index (χ0n) is 11.0. The summed E-state index contributed by atoms with van der Waals surface area (Å²) in [5, 5.41) is 7.19. The average molecular weight is 250 g/mol. The van der Waals surface area contributed by atoms with Crippen LogP contribution < -0.4 is 11.1 Å². The molecule has 2 rings (SSSR count). The van der Waals surface area contributed by atoms with Gasteiger partial charge in [-0.05, 0) is 32.2 Å². The minimum Gasteiger partial charge on any atom is -0.352 e. The predicted octanol–water partition coefficient (Wildman–Crippen LogP) is 1.07. The maximum Gasteiger partial charge on any atom is 0.254 e. The third-order valence-corrected chi connectivity index (χ3v) is 3.46. The number of nitrogens with zero attached hydrogens (tertiary/aromatic N) is 2. The van der Waals surface area contributed by atoms with Crippen LogP contribution in [0.25, 0.3) is 0 Å². The number of hydrogen-bond acceptors (Lipinski definition) is 3. The molecular formula is C13H22N4O. The molecule has 1 aliphatic rings. The van der Waals surface area contributed by atoms with Gasteiger partial charge >= 0.3 is 0 Å². The van der Waals surface area contributed by atoms with Crippen molar-refractivity contribution in [2.75, 3.05) is 13.1 Å². The molecule has 0 saturated heterocycles. The van der Waals surface area contributed by atoms with Crippen LogP contribution >= 0.6 is 0 Å². The van der Waals surface area contributed by atoms with E-state index in [1.165, 1.54) is 12.8 Å². The van der Waals surface area contributed by atoms with E-state index in [-0.39, 0.29) is 5.91 Å². The first-order valence-electron chi connectivity index (χ1n) is 6.73. The molecule has 5 nitrogen and oxygen atoms in total. The highest BCUT2D eigenvalue weighted by atomic mass is 16.1. The maximum atomic E-state index is 12.0. The number of carbonyl (C=O) groups excluding carboxylic acids is 1. The Bertz CT molecular complexity index is 409. The number of nitrogens with one attached hydrogen (secondary N) is 1. The Balaban J connectivity index is 1.86. The van der Waals surface area contributed by atoms with Crippen molar-refractivity contribution in [2.24, 2.45) is 11.7 Å². The van der Waals surface area contributed by atoms with Crippen LogP contribution in [-0.4, -0.2) is 28.8 Å². The maximum absolute atomic E-state index is 12.0. The summed E-state index contributed by atoms with van der Waals surface area (Å²) in [5.41, 5.74) is 7.08. The summed E-state index contributed by atoms with van der Waals surface area (Å²) in [6, 6.07) is 0. The van der Waals surface area contributed by atoms with Crippen LogP contribution in [0.15, 0.2) is 6.20 Å². The molecule has 0 unspecified atom stereocenters. The van der Waals surface area contributed by atoms with Crippen molar-refractivity contribution in [3.8, 4) is 0 Å². The highest BCUT2D eigenvalue weighted by molar-refractivity contribution is 5.94. The summed E-state index contributed by atoms with van der Waals surface area (Å²) in [6.07, 6.45) is 6.29. The SMILES string of the molecule is Cc1c(C(=O)NCCC2CC2)cnn1CCCN. The van der Waals surface area contributed by atoms with E-state index in [4.69, 9.17) is 5.73 Å². The molecule has 100 valence electrons. The molecule has 1 fully saturated rings. The summed E-state index contributed by atoms with van der Waals surface area (Å²) in [4.78, 5) is 12.0. The topological polar surface area (TPSA) is 72.9 Å². The van der Waals surface area contributed by atoms with Gasteiger partial charge in [-0.1, -0.05) is 12.8 Å². The van der Waals surface area contributed by atoms with Gasteiger partial charge in [-0.3, -0.25) is 9.48 Å². The minimum absolute atomic E-state index is 0.00727. The van der Waals surface area contributed by atoms with Crippen molar-refractivity contribution in [2.45, 2.75) is 39.2 Å². The summed E-state index contributed by atoms with van der Waals surface area (Å²) >= 11 is 0. The van der Waals surface area contributed by atoms with Gasteiger partial charge in [0.1, 0.15) is 0 Å². The normalized spacial score (nSPS) is 14.8. The van der Waals surface area contributed by atoms with Crippen LogP contribution in [0.5, 0.6) is 0 Å². The fourth-order valence-electron chi connectivity index (χ4n) is 2.03. The smallest absolute Gasteiger partial charge is 0.254 e. The van der Waals surface area contributed by atoms with Gasteiger partial charge in [-0.25, -0.2) is 0 Å². The largest absolute Gasteiger partial charge is 0.352 e. The minimum atomic E-state index is -0.00727. The van der Waals surface area contributed by atoms with Gasteiger partial charge in [-0.15, -0.1) is 0 Å². The van der Waals surface area contributed by atoms with E-state index in [9.17, 15) is 4.79 Å². The highest BCUT2D eigenvalue weighted by Gasteiger charge is 2.21. The Labute approximate surface area is 108 Å². The van der Waals surface area contributed by atoms with E-state index < -0.39 is 0 Å². The van der Waals surface area contributed by atoms with Gasteiger partial charge in [0.2, 0.25) is 0 Å². The third kappa shape index (κ3) is 3.32. The molecule has 0 bridgehead atoms. The lowest BCUT2D eigenvalue weighted by molar-refractivity contribution is 0.0952. The second kappa shape index (κ2) is 6.00. The summed E-state index contributed by atoms with van der Waals surface area (Å²) in [5.74, 6) is 0.839. The molecule has 0 atom stereocenters. The number of carbonyl (C=O) groups is 1. The molecular weight excluding hydrogens is 228 g/mol. The highest BCUT2D eigenvalue weighted by Crippen LogP contribution is 2.31. The Hall–Kier alpha value is -1.36. The van der Waals surface area contributed by atoms with E-state index in [1.807, 2.05) is 11.6 Å². The molecule has 0 spiro atoms. The molecule has 1 saturated carbocycles. The van der Waals surface area contributed by atoms with Crippen LogP contribution in [0.3, 0.4) is 0 Å². The van der Waals surface area contributed by atoms with Crippen LogP contribution in [0, 0.1) is 12.8 Å². The van der Waals surface area contributed by atoms with E-state index in [2.05, 4.69) is 10.4 Å². The second-order valence-corrected chi connectivity index (χ2v) is 5.00. The lowest BCUT2D eigenvalue weighted by Crippen LogP contribution is -2.25. The Morgan fingerprint density at radius 1 is 1.61 bits per heavy atom. The standard InChI is InChI=1S/C13H22N4O/c1-10-12(9-16-17(10)8-2-6-14)13(18)15-7-5-11-3-4-11/h9,11H,2-8,14H2,1H3,(H,15,18). The monoisotopic (exact) mass is 250 g/mol. The molecule has 0 aliphatic heterocycles. The Morgan fingerprint density at radius 2 is 2.39 bits per heavy atom. The van der Waals surface area contributed by atoms with Crippen molar-refractivity contribution in [1.82, 2.24) is 15.1 Å². The summed E-state index contributed by atoms with van der Waals surface area (Å²) in [6.45, 7) is 4.12. The van der Waals surface area contributed by atoms with Crippen LogP contribution in [0.4, 0.5) is 0 Å². The van der Waals surface area contributed by atoms with Gasteiger partial charge < -0.3 is 11.1 Å². The molecule has 1 aromatic rings. The molecule has 5 heteroatoms. The first-order valence-corrected chi connectivity index (χ1v) is 6.73. The van der Waals surface area contributed by atoms with Crippen LogP contribution in [0.2, 0.25) is 0 Å². The number of nitrogens with two attached hydrogens (primary N) is 1. The summed E-state index contributed by atoms with van der Waals surface area (Å²) < 4.78 is 1.85. The quantitative estimate of drug-likeness (QED) is 0.760. The Morgan fingerprint density at radius 3 is 3.06 bits per heavy atom. The first kappa shape index (κ1) is 13.1. The number of aryl methyl sites for hydroxylation is 1. The third-order valence-electron chi connectivity index (χ3n) is 3.46. The van der Waals surface area contributed by atoms with E-state index >= 15 is 0 Å². The van der Waals surface area contributed by atoms with E-state index in [1.54, 1.807) is 6.20 Å². The van der Waals surface area contributed by atoms with Gasteiger partial charge in [0.15, 0.2) is 0 Å². The fourth-order valence-corrected chi connectivity index (χ4v) is 2.03. The number of hydrogen-bond donors (Lipinski definition) is 2. The van der Waals surface area contributed by atoms with Gasteiger partial charge in [0.05, 0.1) is 11.8 Å². The van der Waals surface area contributed by atoms with Crippen molar-refractivity contribution < 1.29 is 4.79 Å². The van der Waals surface area contributed by atoms with E-state index in [0.717, 1.165) is 37.5 Å². The number of amides is 1. The molecule has 18 heavy (non-hydrogen) atoms. The molecule has 1 amide bonds. The van der Waals surface area contributed by atoms with Crippen LogP contribution in [-0.2, 0) is 6.54 Å². The molecule has 0 aromatic carbocycles. The van der Waals surface area contributed by atoms with Crippen LogP contribution in [0.1, 0.15) is 41.7 Å².